The first kappa shape index (κ1) is 13.9. The van der Waals surface area contributed by atoms with Gasteiger partial charge in [-0.2, -0.15) is 0 Å². The zero-order valence-electron chi connectivity index (χ0n) is 11.0. The van der Waals surface area contributed by atoms with Crippen LogP contribution in [0.5, 0.6) is 0 Å². The van der Waals surface area contributed by atoms with Crippen molar-refractivity contribution >= 4 is 17.0 Å². The van der Waals surface area contributed by atoms with Crippen LogP contribution in [0.1, 0.15) is 6.23 Å². The minimum absolute atomic E-state index is 0.198. The van der Waals surface area contributed by atoms with Crippen LogP contribution in [0, 0.1) is 0 Å². The summed E-state index contributed by atoms with van der Waals surface area (Å²) < 4.78 is 7.05. The lowest BCUT2D eigenvalue weighted by molar-refractivity contribution is -0.0969. The molecule has 0 aliphatic carbocycles. The van der Waals surface area contributed by atoms with Crippen molar-refractivity contribution in [3.05, 3.63) is 25.3 Å². The predicted octanol–water partition coefficient (Wildman–Crippen LogP) is -1.42. The molecule has 0 unspecified atom stereocenters. The summed E-state index contributed by atoms with van der Waals surface area (Å²) in [5.74, 6) is 0.198. The van der Waals surface area contributed by atoms with Gasteiger partial charge in [0.15, 0.2) is 17.7 Å². The van der Waals surface area contributed by atoms with E-state index in [2.05, 4.69) is 21.5 Å². The smallest absolute Gasteiger partial charge is 0.167 e. The van der Waals surface area contributed by atoms with Crippen LogP contribution in [0.25, 0.3) is 11.2 Å². The number of nitrogen functional groups attached to an aromatic ring is 1. The summed E-state index contributed by atoms with van der Waals surface area (Å²) in [7, 11) is 0. The Labute approximate surface area is 119 Å². The lowest BCUT2D eigenvalue weighted by Gasteiger charge is -2.25. The maximum absolute atomic E-state index is 10.2. The number of ether oxygens (including phenoxy) is 1. The minimum Gasteiger partial charge on any atom is -0.393 e. The Balaban J connectivity index is 2.08. The number of hydrogen-bond acceptors (Lipinski definition) is 8. The van der Waals surface area contributed by atoms with E-state index >= 15 is 0 Å². The largest absolute Gasteiger partial charge is 0.393 e. The molecular formula is C12H15N5O4. The molecule has 0 amide bonds. The van der Waals surface area contributed by atoms with Crippen molar-refractivity contribution in [3.63, 3.8) is 0 Å². The van der Waals surface area contributed by atoms with E-state index in [0.29, 0.717) is 11.2 Å². The van der Waals surface area contributed by atoms with E-state index in [9.17, 15) is 15.3 Å². The van der Waals surface area contributed by atoms with E-state index in [1.54, 1.807) is 0 Å². The Hall–Kier alpha value is -2.07. The van der Waals surface area contributed by atoms with E-state index in [0.717, 1.165) is 0 Å². The molecule has 9 heteroatoms. The Morgan fingerprint density at radius 1 is 1.43 bits per heavy atom. The van der Waals surface area contributed by atoms with Crippen LogP contribution in [-0.4, -0.2) is 59.3 Å². The van der Waals surface area contributed by atoms with Gasteiger partial charge in [0, 0.05) is 0 Å². The number of hydrogen-bond donors (Lipinski definition) is 4. The highest BCUT2D eigenvalue weighted by Gasteiger charge is 2.53. The molecule has 0 spiro atoms. The number of imidazole rings is 1. The predicted molar refractivity (Wildman–Crippen MR) is 71.9 cm³/mol. The SMILES string of the molecule is C=C[C@]1(CO)O[C@@H](n2cnc3c(N)ncnc32)[C@H](O)[C@@H]1O. The van der Waals surface area contributed by atoms with Gasteiger partial charge in [0.05, 0.1) is 12.9 Å². The third-order valence-electron chi connectivity index (χ3n) is 3.71. The zero-order valence-corrected chi connectivity index (χ0v) is 11.0. The van der Waals surface area contributed by atoms with Crippen molar-refractivity contribution in [1.29, 1.82) is 0 Å². The normalized spacial score (nSPS) is 32.6. The van der Waals surface area contributed by atoms with Crippen LogP contribution < -0.4 is 5.73 Å². The minimum atomic E-state index is -1.45. The first-order chi connectivity index (χ1) is 10.0. The molecule has 0 aromatic carbocycles. The topological polar surface area (TPSA) is 140 Å². The second-order valence-corrected chi connectivity index (χ2v) is 4.84. The number of aliphatic hydroxyl groups excluding tert-OH is 3. The summed E-state index contributed by atoms with van der Waals surface area (Å²) in [5.41, 5.74) is 4.98. The molecule has 5 N–H and O–H groups in total. The van der Waals surface area contributed by atoms with E-state index in [1.165, 1.54) is 23.3 Å². The van der Waals surface area contributed by atoms with E-state index in [1.807, 2.05) is 0 Å². The van der Waals surface area contributed by atoms with Gasteiger partial charge in [0.25, 0.3) is 0 Å². The van der Waals surface area contributed by atoms with Crippen LogP contribution in [0.3, 0.4) is 0 Å². The Morgan fingerprint density at radius 3 is 2.81 bits per heavy atom. The van der Waals surface area contributed by atoms with Gasteiger partial charge in [-0.25, -0.2) is 15.0 Å². The molecule has 3 rings (SSSR count). The number of aliphatic hydroxyl groups is 3. The van der Waals surface area contributed by atoms with Gasteiger partial charge in [0.2, 0.25) is 0 Å². The average Bonchev–Trinajstić information content (AvgIpc) is 3.02. The van der Waals surface area contributed by atoms with Crippen LogP contribution in [0.4, 0.5) is 5.82 Å². The zero-order chi connectivity index (χ0) is 15.2. The number of rotatable bonds is 3. The molecule has 21 heavy (non-hydrogen) atoms. The highest BCUT2D eigenvalue weighted by molar-refractivity contribution is 5.81. The fraction of sp³-hybridized carbons (Fsp3) is 0.417. The molecule has 1 aliphatic heterocycles. The van der Waals surface area contributed by atoms with Crippen LogP contribution >= 0.6 is 0 Å². The van der Waals surface area contributed by atoms with Crippen molar-refractivity contribution < 1.29 is 20.1 Å². The summed E-state index contributed by atoms with van der Waals surface area (Å²) in [6, 6.07) is 0. The van der Waals surface area contributed by atoms with Gasteiger partial charge >= 0.3 is 0 Å². The lowest BCUT2D eigenvalue weighted by atomic mass is 9.96. The molecular weight excluding hydrogens is 278 g/mol. The fourth-order valence-electron chi connectivity index (χ4n) is 2.45. The molecule has 1 saturated heterocycles. The summed E-state index contributed by atoms with van der Waals surface area (Å²) in [4.78, 5) is 12.0. The Kier molecular flexibility index (Phi) is 3.14. The summed E-state index contributed by atoms with van der Waals surface area (Å²) >= 11 is 0. The van der Waals surface area contributed by atoms with Crippen LogP contribution in [-0.2, 0) is 4.74 Å². The summed E-state index contributed by atoms with van der Waals surface area (Å²) in [6.45, 7) is 3.02. The second-order valence-electron chi connectivity index (χ2n) is 4.84. The Morgan fingerprint density at radius 2 is 2.19 bits per heavy atom. The number of nitrogens with two attached hydrogens (primary N) is 1. The fourth-order valence-corrected chi connectivity index (χ4v) is 2.45. The van der Waals surface area contributed by atoms with Crippen molar-refractivity contribution in [2.24, 2.45) is 0 Å². The highest BCUT2D eigenvalue weighted by atomic mass is 16.6. The van der Waals surface area contributed by atoms with E-state index in [-0.39, 0.29) is 5.82 Å². The average molecular weight is 293 g/mol. The maximum atomic E-state index is 10.2. The van der Waals surface area contributed by atoms with Gasteiger partial charge in [-0.05, 0) is 0 Å². The second kappa shape index (κ2) is 4.74. The van der Waals surface area contributed by atoms with Crippen LogP contribution in [0.2, 0.25) is 0 Å². The molecule has 2 aromatic rings. The van der Waals surface area contributed by atoms with Crippen molar-refractivity contribution in [2.45, 2.75) is 24.0 Å². The molecule has 0 bridgehead atoms. The number of aromatic nitrogens is 4. The van der Waals surface area contributed by atoms with Gasteiger partial charge in [-0.1, -0.05) is 6.08 Å². The standard InChI is InChI=1S/C12H15N5O4/c1-2-12(3-18)8(20)7(19)11(21-12)17-5-16-6-9(13)14-4-15-10(6)17/h2,4-5,7-8,11,18-20H,1,3H2,(H2,13,14,15)/t7-,8+,11-,12-/m1/s1. The first-order valence-corrected chi connectivity index (χ1v) is 6.25. The number of fused-ring (bicyclic) bond motifs is 1. The third-order valence-corrected chi connectivity index (χ3v) is 3.71. The van der Waals surface area contributed by atoms with Crippen molar-refractivity contribution in [1.82, 2.24) is 19.5 Å². The third kappa shape index (κ3) is 1.83. The Bertz CT molecular complexity index is 689. The number of anilines is 1. The van der Waals surface area contributed by atoms with Crippen molar-refractivity contribution in [2.75, 3.05) is 12.3 Å². The molecule has 1 aliphatic rings. The first-order valence-electron chi connectivity index (χ1n) is 6.25. The van der Waals surface area contributed by atoms with Crippen molar-refractivity contribution in [3.8, 4) is 0 Å². The molecule has 1 fully saturated rings. The van der Waals surface area contributed by atoms with Crippen LogP contribution in [0.15, 0.2) is 25.3 Å². The summed E-state index contributed by atoms with van der Waals surface area (Å²) in [5, 5.41) is 29.7. The number of nitrogens with zero attached hydrogens (tertiary/aromatic N) is 4. The molecule has 9 nitrogen and oxygen atoms in total. The summed E-state index contributed by atoms with van der Waals surface area (Å²) in [6.07, 6.45) is 0.311. The highest BCUT2D eigenvalue weighted by Crippen LogP contribution is 2.38. The lowest BCUT2D eigenvalue weighted by Crippen LogP contribution is -2.44. The van der Waals surface area contributed by atoms with Gasteiger partial charge in [0.1, 0.15) is 29.7 Å². The van der Waals surface area contributed by atoms with E-state index < -0.39 is 30.6 Å². The van der Waals surface area contributed by atoms with Gasteiger partial charge < -0.3 is 25.8 Å². The monoisotopic (exact) mass is 293 g/mol. The molecule has 3 heterocycles. The maximum Gasteiger partial charge on any atom is 0.167 e. The molecule has 0 saturated carbocycles. The quantitative estimate of drug-likeness (QED) is 0.505. The van der Waals surface area contributed by atoms with Gasteiger partial charge in [-0.3, -0.25) is 4.57 Å². The van der Waals surface area contributed by atoms with Gasteiger partial charge in [-0.15, -0.1) is 6.58 Å². The molecule has 2 aromatic heterocycles. The van der Waals surface area contributed by atoms with E-state index in [4.69, 9.17) is 10.5 Å². The molecule has 112 valence electrons. The molecule has 0 radical (unpaired) electrons. The molecule has 4 atom stereocenters.